The number of ether oxygens (including phenoxy) is 3. The molecule has 0 amide bonds. The summed E-state index contributed by atoms with van der Waals surface area (Å²) in [5.74, 6) is 2.29. The van der Waals surface area contributed by atoms with Crippen LogP contribution in [0.1, 0.15) is 46.5 Å². The Hall–Kier alpha value is -1.97. The van der Waals surface area contributed by atoms with Crippen LogP contribution in [-0.4, -0.2) is 86.3 Å². The molecule has 2 aliphatic heterocycles. The predicted molar refractivity (Wildman–Crippen MR) is 130 cm³/mol. The number of rotatable bonds is 7. The van der Waals surface area contributed by atoms with Gasteiger partial charge in [-0.05, 0) is 37.0 Å². The molecule has 33 heavy (non-hydrogen) atoms. The van der Waals surface area contributed by atoms with Gasteiger partial charge in [-0.3, -0.25) is 10.3 Å². The molecule has 0 radical (unpaired) electrons. The van der Waals surface area contributed by atoms with E-state index in [1.807, 2.05) is 6.07 Å². The smallest absolute Gasteiger partial charge is 0.320 e. The number of hydrogen-bond acceptors (Lipinski definition) is 9. The minimum atomic E-state index is 0.367. The van der Waals surface area contributed by atoms with Gasteiger partial charge in [0.25, 0.3) is 0 Å². The molecule has 1 N–H and O–H groups in total. The first-order valence-electron chi connectivity index (χ1n) is 12.4. The van der Waals surface area contributed by atoms with E-state index >= 15 is 0 Å². The van der Waals surface area contributed by atoms with Gasteiger partial charge in [-0.25, -0.2) is 0 Å². The van der Waals surface area contributed by atoms with Crippen LogP contribution < -0.4 is 15.1 Å². The SMILES string of the molecule is CC(C)(C)C1CCC(=NNc2cc(N3CCOCC3)nc(OCCN3CCOCC3)n2)CC1. The highest BCUT2D eigenvalue weighted by molar-refractivity contribution is 5.85. The molecule has 0 aromatic carbocycles. The van der Waals surface area contributed by atoms with Gasteiger partial charge in [-0.15, -0.1) is 0 Å². The maximum atomic E-state index is 5.97. The summed E-state index contributed by atoms with van der Waals surface area (Å²) in [5.41, 5.74) is 4.79. The number of nitrogens with zero attached hydrogens (tertiary/aromatic N) is 5. The monoisotopic (exact) mass is 460 g/mol. The van der Waals surface area contributed by atoms with Crippen molar-refractivity contribution in [2.75, 3.05) is 76.1 Å². The van der Waals surface area contributed by atoms with Crippen LogP contribution in [0.2, 0.25) is 0 Å². The third-order valence-corrected chi connectivity index (χ3v) is 6.89. The molecular formula is C24H40N6O3. The molecule has 9 nitrogen and oxygen atoms in total. The first-order chi connectivity index (χ1) is 16.0. The third-order valence-electron chi connectivity index (χ3n) is 6.89. The van der Waals surface area contributed by atoms with Crippen molar-refractivity contribution in [3.63, 3.8) is 0 Å². The maximum Gasteiger partial charge on any atom is 0.320 e. The van der Waals surface area contributed by atoms with Crippen molar-refractivity contribution in [1.29, 1.82) is 0 Å². The number of anilines is 2. The summed E-state index contributed by atoms with van der Waals surface area (Å²) >= 11 is 0. The molecule has 1 saturated carbocycles. The van der Waals surface area contributed by atoms with Crippen LogP contribution in [0.15, 0.2) is 11.2 Å². The molecule has 0 atom stereocenters. The zero-order valence-corrected chi connectivity index (χ0v) is 20.5. The molecule has 184 valence electrons. The first-order valence-corrected chi connectivity index (χ1v) is 12.4. The van der Waals surface area contributed by atoms with Crippen molar-refractivity contribution in [2.45, 2.75) is 46.5 Å². The summed E-state index contributed by atoms with van der Waals surface area (Å²) in [6.07, 6.45) is 4.48. The molecule has 1 aliphatic carbocycles. The number of morpholine rings is 2. The van der Waals surface area contributed by atoms with Gasteiger partial charge in [0.2, 0.25) is 0 Å². The minimum Gasteiger partial charge on any atom is -0.462 e. The molecule has 1 aromatic rings. The van der Waals surface area contributed by atoms with E-state index in [1.165, 1.54) is 18.6 Å². The van der Waals surface area contributed by atoms with Gasteiger partial charge < -0.3 is 19.1 Å². The lowest BCUT2D eigenvalue weighted by Gasteiger charge is -2.34. The Morgan fingerprint density at radius 3 is 2.36 bits per heavy atom. The van der Waals surface area contributed by atoms with Crippen LogP contribution in [0.3, 0.4) is 0 Å². The molecule has 1 aromatic heterocycles. The molecule has 3 aliphatic rings. The standard InChI is InChI=1S/C24H40N6O3/c1-24(2,3)19-4-6-20(7-5-19)27-28-21-18-22(30-11-15-32-16-12-30)26-23(25-21)33-17-10-29-8-13-31-14-9-29/h18-19H,4-17H2,1-3H3,(H,25,26,28). The van der Waals surface area contributed by atoms with Crippen molar-refractivity contribution in [3.8, 4) is 6.01 Å². The summed E-state index contributed by atoms with van der Waals surface area (Å²) in [5, 5.41) is 4.71. The molecule has 3 fully saturated rings. The second-order valence-electron chi connectivity index (χ2n) is 10.2. The fourth-order valence-electron chi connectivity index (χ4n) is 4.65. The van der Waals surface area contributed by atoms with E-state index in [9.17, 15) is 0 Å². The van der Waals surface area contributed by atoms with E-state index < -0.39 is 0 Å². The average Bonchev–Trinajstić information content (AvgIpc) is 2.84. The summed E-state index contributed by atoms with van der Waals surface area (Å²) in [6.45, 7) is 14.9. The Morgan fingerprint density at radius 1 is 1.03 bits per heavy atom. The van der Waals surface area contributed by atoms with E-state index in [1.54, 1.807) is 0 Å². The highest BCUT2D eigenvalue weighted by Gasteiger charge is 2.28. The van der Waals surface area contributed by atoms with Gasteiger partial charge in [-0.1, -0.05) is 20.8 Å². The molecule has 0 unspecified atom stereocenters. The fraction of sp³-hybridized carbons (Fsp3) is 0.792. The Balaban J connectivity index is 1.39. The van der Waals surface area contributed by atoms with E-state index in [0.29, 0.717) is 37.1 Å². The Labute approximate surface area is 197 Å². The molecule has 3 heterocycles. The predicted octanol–water partition coefficient (Wildman–Crippen LogP) is 3.03. The van der Waals surface area contributed by atoms with Crippen LogP contribution in [0.4, 0.5) is 11.6 Å². The summed E-state index contributed by atoms with van der Waals surface area (Å²) < 4.78 is 16.9. The van der Waals surface area contributed by atoms with E-state index in [2.05, 4.69) is 46.0 Å². The van der Waals surface area contributed by atoms with E-state index in [-0.39, 0.29) is 0 Å². The van der Waals surface area contributed by atoms with Crippen molar-refractivity contribution in [1.82, 2.24) is 14.9 Å². The number of hydrogen-bond donors (Lipinski definition) is 1. The third kappa shape index (κ3) is 7.25. The fourth-order valence-corrected chi connectivity index (χ4v) is 4.65. The first kappa shape index (κ1) is 24.2. The van der Waals surface area contributed by atoms with Gasteiger partial charge in [0.05, 0.1) is 26.4 Å². The van der Waals surface area contributed by atoms with Crippen molar-refractivity contribution in [3.05, 3.63) is 6.07 Å². The Morgan fingerprint density at radius 2 is 1.70 bits per heavy atom. The van der Waals surface area contributed by atoms with Crippen LogP contribution in [-0.2, 0) is 9.47 Å². The quantitative estimate of drug-likeness (QED) is 0.622. The second kappa shape index (κ2) is 11.4. The zero-order valence-electron chi connectivity index (χ0n) is 20.5. The lowest BCUT2D eigenvalue weighted by Crippen LogP contribution is -2.39. The van der Waals surface area contributed by atoms with Gasteiger partial charge in [-0.2, -0.15) is 15.1 Å². The number of aromatic nitrogens is 2. The highest BCUT2D eigenvalue weighted by atomic mass is 16.5. The summed E-state index contributed by atoms with van der Waals surface area (Å²) in [4.78, 5) is 13.8. The molecule has 4 rings (SSSR count). The normalized spacial score (nSPS) is 22.8. The van der Waals surface area contributed by atoms with Gasteiger partial charge in [0, 0.05) is 44.5 Å². The number of nitrogens with one attached hydrogen (secondary N) is 1. The topological polar surface area (TPSA) is 84.3 Å². The molecule has 2 saturated heterocycles. The summed E-state index contributed by atoms with van der Waals surface area (Å²) in [6, 6.07) is 2.36. The van der Waals surface area contributed by atoms with E-state index in [0.717, 1.165) is 70.5 Å². The van der Waals surface area contributed by atoms with Gasteiger partial charge in [0.15, 0.2) is 5.82 Å². The van der Waals surface area contributed by atoms with Crippen molar-refractivity contribution < 1.29 is 14.2 Å². The zero-order chi connectivity index (χ0) is 23.1. The van der Waals surface area contributed by atoms with Crippen molar-refractivity contribution in [2.24, 2.45) is 16.4 Å². The largest absolute Gasteiger partial charge is 0.462 e. The molecule has 9 heteroatoms. The lowest BCUT2D eigenvalue weighted by molar-refractivity contribution is 0.0317. The van der Waals surface area contributed by atoms with Crippen LogP contribution in [0.5, 0.6) is 6.01 Å². The van der Waals surface area contributed by atoms with Gasteiger partial charge >= 0.3 is 6.01 Å². The number of hydrazone groups is 1. The molecule has 0 spiro atoms. The minimum absolute atomic E-state index is 0.367. The maximum absolute atomic E-state index is 5.97. The van der Waals surface area contributed by atoms with Crippen LogP contribution >= 0.6 is 0 Å². The molecular weight excluding hydrogens is 420 g/mol. The second-order valence-corrected chi connectivity index (χ2v) is 10.2. The van der Waals surface area contributed by atoms with E-state index in [4.69, 9.17) is 19.3 Å². The molecule has 0 bridgehead atoms. The summed E-state index contributed by atoms with van der Waals surface area (Å²) in [7, 11) is 0. The van der Waals surface area contributed by atoms with Crippen LogP contribution in [0, 0.1) is 11.3 Å². The lowest BCUT2D eigenvalue weighted by atomic mass is 9.72. The Kier molecular flexibility index (Phi) is 8.38. The van der Waals surface area contributed by atoms with Gasteiger partial charge in [0.1, 0.15) is 12.4 Å². The Bertz CT molecular complexity index is 775. The van der Waals surface area contributed by atoms with Crippen LogP contribution in [0.25, 0.3) is 0 Å². The average molecular weight is 461 g/mol. The highest BCUT2D eigenvalue weighted by Crippen LogP contribution is 2.36. The van der Waals surface area contributed by atoms with Crippen molar-refractivity contribution >= 4 is 17.3 Å².